The van der Waals surface area contributed by atoms with Gasteiger partial charge in [-0.3, -0.25) is 4.79 Å². The number of nitrogens with zero attached hydrogens (tertiary/aromatic N) is 4. The van der Waals surface area contributed by atoms with E-state index in [-0.39, 0.29) is 17.5 Å². The largest absolute Gasteiger partial charge is 0.444 e. The lowest BCUT2D eigenvalue weighted by Crippen LogP contribution is -2.28. The molecule has 3 aromatic rings. The molecule has 0 aliphatic rings. The molecule has 2 aromatic heterocycles. The Hall–Kier alpha value is -3.03. The topological polar surface area (TPSA) is 110 Å². The van der Waals surface area contributed by atoms with Crippen molar-refractivity contribution in [2.45, 2.75) is 12.8 Å². The Bertz CT molecular complexity index is 738. The minimum Gasteiger partial charge on any atom is -0.444 e. The molecule has 3 rings (SSSR count). The van der Waals surface area contributed by atoms with Crippen molar-refractivity contribution < 1.29 is 9.21 Å². The molecule has 1 aromatic carbocycles. The number of hydrogen-bond donors (Lipinski definition) is 2. The van der Waals surface area contributed by atoms with Gasteiger partial charge < -0.3 is 9.73 Å². The fraction of sp³-hybridized carbons (Fsp3) is 0.214. The maximum Gasteiger partial charge on any atom is 0.273 e. The number of rotatable bonds is 5. The third kappa shape index (κ3) is 3.00. The monoisotopic (exact) mass is 298 g/mol. The smallest absolute Gasteiger partial charge is 0.273 e. The molecule has 2 heterocycles. The summed E-state index contributed by atoms with van der Waals surface area (Å²) in [7, 11) is 0. The molecule has 1 atom stereocenters. The van der Waals surface area contributed by atoms with Gasteiger partial charge in [-0.05, 0) is 12.1 Å². The number of aromatic amines is 1. The summed E-state index contributed by atoms with van der Waals surface area (Å²) in [4.78, 5) is 16.3. The number of oxazole rings is 1. The van der Waals surface area contributed by atoms with Crippen molar-refractivity contribution in [3.8, 4) is 11.5 Å². The standard InChI is InChI=1S/C14H14N6O2/c1-9(12-17-19-20-18-12)7-15-13(21)11-8-22-14(16-11)10-5-3-2-4-6-10/h2-6,8-9H,7H2,1H3,(H,15,21)(H,17,18,19,20)/t9-/m0/s1. The van der Waals surface area contributed by atoms with Crippen molar-refractivity contribution in [3.63, 3.8) is 0 Å². The van der Waals surface area contributed by atoms with Gasteiger partial charge in [0.2, 0.25) is 5.89 Å². The molecule has 0 aliphatic heterocycles. The van der Waals surface area contributed by atoms with E-state index in [0.29, 0.717) is 18.3 Å². The summed E-state index contributed by atoms with van der Waals surface area (Å²) in [6.45, 7) is 2.27. The molecule has 112 valence electrons. The van der Waals surface area contributed by atoms with Crippen molar-refractivity contribution in [3.05, 3.63) is 48.1 Å². The van der Waals surface area contributed by atoms with E-state index in [9.17, 15) is 4.79 Å². The summed E-state index contributed by atoms with van der Waals surface area (Å²) in [6.07, 6.45) is 1.34. The lowest BCUT2D eigenvalue weighted by Gasteiger charge is -2.07. The molecule has 0 aliphatic carbocycles. The molecule has 8 heteroatoms. The molecule has 22 heavy (non-hydrogen) atoms. The number of aromatic nitrogens is 5. The molecule has 8 nitrogen and oxygen atoms in total. The van der Waals surface area contributed by atoms with Crippen molar-refractivity contribution >= 4 is 5.91 Å². The van der Waals surface area contributed by atoms with E-state index in [1.807, 2.05) is 37.3 Å². The Labute approximate surface area is 126 Å². The number of H-pyrrole nitrogens is 1. The highest BCUT2D eigenvalue weighted by molar-refractivity contribution is 5.92. The first-order chi connectivity index (χ1) is 10.7. The molecule has 0 bridgehead atoms. The third-order valence-corrected chi connectivity index (χ3v) is 3.13. The van der Waals surface area contributed by atoms with Gasteiger partial charge in [-0.2, -0.15) is 5.21 Å². The van der Waals surface area contributed by atoms with E-state index in [1.165, 1.54) is 6.26 Å². The van der Waals surface area contributed by atoms with E-state index < -0.39 is 0 Å². The second-order valence-corrected chi connectivity index (χ2v) is 4.78. The lowest BCUT2D eigenvalue weighted by molar-refractivity contribution is 0.0946. The van der Waals surface area contributed by atoms with Crippen LogP contribution in [0.25, 0.3) is 11.5 Å². The highest BCUT2D eigenvalue weighted by atomic mass is 16.3. The number of hydrogen-bond acceptors (Lipinski definition) is 6. The predicted molar refractivity (Wildman–Crippen MR) is 76.9 cm³/mol. The highest BCUT2D eigenvalue weighted by Crippen LogP contribution is 2.17. The van der Waals surface area contributed by atoms with Crippen LogP contribution >= 0.6 is 0 Å². The minimum absolute atomic E-state index is 0.0526. The molecule has 1 amide bonds. The normalized spacial score (nSPS) is 12.0. The van der Waals surface area contributed by atoms with Crippen LogP contribution in [0.15, 0.2) is 41.0 Å². The summed E-state index contributed by atoms with van der Waals surface area (Å²) in [5, 5.41) is 16.4. The number of carbonyl (C=O) groups excluding carboxylic acids is 1. The maximum atomic E-state index is 12.1. The summed E-state index contributed by atoms with van der Waals surface area (Å²) >= 11 is 0. The predicted octanol–water partition coefficient (Wildman–Crippen LogP) is 1.39. The Kier molecular flexibility index (Phi) is 3.90. The average Bonchev–Trinajstić information content (AvgIpc) is 3.24. The molecule has 0 unspecified atom stereocenters. The number of amides is 1. The summed E-state index contributed by atoms with van der Waals surface area (Å²) in [5.74, 6) is 0.604. The van der Waals surface area contributed by atoms with E-state index >= 15 is 0 Å². The zero-order chi connectivity index (χ0) is 15.4. The Morgan fingerprint density at radius 3 is 2.91 bits per heavy atom. The molecular formula is C14H14N6O2. The lowest BCUT2D eigenvalue weighted by atomic mass is 10.1. The zero-order valence-corrected chi connectivity index (χ0v) is 11.9. The second kappa shape index (κ2) is 6.17. The van der Waals surface area contributed by atoms with Gasteiger partial charge in [0, 0.05) is 18.0 Å². The van der Waals surface area contributed by atoms with Gasteiger partial charge in [0.15, 0.2) is 11.5 Å². The van der Waals surface area contributed by atoms with Gasteiger partial charge in [-0.15, -0.1) is 10.2 Å². The first kappa shape index (κ1) is 13.9. The number of carbonyl (C=O) groups is 1. The summed E-state index contributed by atoms with van der Waals surface area (Å²) in [6, 6.07) is 9.40. The van der Waals surface area contributed by atoms with Gasteiger partial charge in [0.1, 0.15) is 6.26 Å². The van der Waals surface area contributed by atoms with E-state index in [0.717, 1.165) is 5.56 Å². The summed E-state index contributed by atoms with van der Waals surface area (Å²) in [5.41, 5.74) is 1.06. The fourth-order valence-corrected chi connectivity index (χ4v) is 1.90. The van der Waals surface area contributed by atoms with Crippen LogP contribution in [-0.4, -0.2) is 38.1 Å². The first-order valence-electron chi connectivity index (χ1n) is 6.76. The van der Waals surface area contributed by atoms with Crippen LogP contribution in [0, 0.1) is 0 Å². The number of benzene rings is 1. The van der Waals surface area contributed by atoms with Crippen LogP contribution in [0.5, 0.6) is 0 Å². The molecule has 0 fully saturated rings. The van der Waals surface area contributed by atoms with Crippen LogP contribution in [0.4, 0.5) is 0 Å². The molecule has 0 saturated heterocycles. The van der Waals surface area contributed by atoms with E-state index in [2.05, 4.69) is 30.9 Å². The summed E-state index contributed by atoms with van der Waals surface area (Å²) < 4.78 is 5.34. The van der Waals surface area contributed by atoms with Crippen LogP contribution in [-0.2, 0) is 0 Å². The number of tetrazole rings is 1. The SMILES string of the molecule is C[C@@H](CNC(=O)c1coc(-c2ccccc2)n1)c1nn[nH]n1. The fourth-order valence-electron chi connectivity index (χ4n) is 1.90. The number of nitrogens with one attached hydrogen (secondary N) is 2. The molecule has 0 radical (unpaired) electrons. The minimum atomic E-state index is -0.304. The van der Waals surface area contributed by atoms with E-state index in [4.69, 9.17) is 4.42 Å². The van der Waals surface area contributed by atoms with Crippen molar-refractivity contribution in [1.29, 1.82) is 0 Å². The zero-order valence-electron chi connectivity index (χ0n) is 11.9. The third-order valence-electron chi connectivity index (χ3n) is 3.13. The van der Waals surface area contributed by atoms with Gasteiger partial charge in [-0.1, -0.05) is 30.3 Å². The first-order valence-corrected chi connectivity index (χ1v) is 6.76. The maximum absolute atomic E-state index is 12.1. The van der Waals surface area contributed by atoms with Crippen molar-refractivity contribution in [1.82, 2.24) is 30.9 Å². The van der Waals surface area contributed by atoms with Crippen LogP contribution in [0.2, 0.25) is 0 Å². The molecular weight excluding hydrogens is 284 g/mol. The van der Waals surface area contributed by atoms with Gasteiger partial charge in [-0.25, -0.2) is 4.98 Å². The second-order valence-electron chi connectivity index (χ2n) is 4.78. The Morgan fingerprint density at radius 1 is 1.36 bits per heavy atom. The van der Waals surface area contributed by atoms with Gasteiger partial charge in [0.05, 0.1) is 0 Å². The molecule has 0 spiro atoms. The van der Waals surface area contributed by atoms with E-state index in [1.54, 1.807) is 0 Å². The quantitative estimate of drug-likeness (QED) is 0.736. The highest BCUT2D eigenvalue weighted by Gasteiger charge is 2.16. The van der Waals surface area contributed by atoms with Gasteiger partial charge in [0.25, 0.3) is 5.91 Å². The van der Waals surface area contributed by atoms with Gasteiger partial charge >= 0.3 is 0 Å². The van der Waals surface area contributed by atoms with Crippen molar-refractivity contribution in [2.75, 3.05) is 6.54 Å². The molecule has 0 saturated carbocycles. The Balaban J connectivity index is 1.62. The Morgan fingerprint density at radius 2 is 2.18 bits per heavy atom. The van der Waals surface area contributed by atoms with Crippen molar-refractivity contribution in [2.24, 2.45) is 0 Å². The van der Waals surface area contributed by atoms with Crippen LogP contribution in [0.1, 0.15) is 29.2 Å². The van der Waals surface area contributed by atoms with Crippen LogP contribution in [0.3, 0.4) is 0 Å². The average molecular weight is 298 g/mol. The molecule has 2 N–H and O–H groups in total. The van der Waals surface area contributed by atoms with Crippen LogP contribution < -0.4 is 5.32 Å².